The molecule has 0 amide bonds. The van der Waals surface area contributed by atoms with Crippen LogP contribution in [0.25, 0.3) is 5.52 Å². The van der Waals surface area contributed by atoms with Gasteiger partial charge in [0.25, 0.3) is 0 Å². The third-order valence-corrected chi connectivity index (χ3v) is 4.69. The van der Waals surface area contributed by atoms with Crippen LogP contribution in [0.3, 0.4) is 0 Å². The molecule has 0 N–H and O–H groups in total. The molecule has 0 saturated carbocycles. The summed E-state index contributed by atoms with van der Waals surface area (Å²) in [6.45, 7) is 0.416. The highest BCUT2D eigenvalue weighted by molar-refractivity contribution is 9.10. The first-order valence-electron chi connectivity index (χ1n) is 5.42. The highest BCUT2D eigenvalue weighted by atomic mass is 79.9. The Labute approximate surface area is 115 Å². The molecule has 0 aliphatic heterocycles. The van der Waals surface area contributed by atoms with Crippen molar-refractivity contribution in [2.75, 3.05) is 19.8 Å². The maximum absolute atomic E-state index is 11.3. The molecular formula is C11H14BrN3O2S. The molecule has 0 aromatic carbocycles. The zero-order chi connectivity index (χ0) is 13.3. The third-order valence-electron chi connectivity index (χ3n) is 2.79. The van der Waals surface area contributed by atoms with Crippen LogP contribution in [-0.2, 0) is 16.4 Å². The molecule has 0 radical (unpaired) electrons. The quantitative estimate of drug-likeness (QED) is 0.853. The molecule has 18 heavy (non-hydrogen) atoms. The number of hydrogen-bond acceptors (Lipinski definition) is 3. The Morgan fingerprint density at radius 2 is 2.17 bits per heavy atom. The summed E-state index contributed by atoms with van der Waals surface area (Å²) in [5.41, 5.74) is 0.981. The van der Waals surface area contributed by atoms with Gasteiger partial charge in [-0.3, -0.25) is 0 Å². The normalized spacial score (nSPS) is 12.4. The molecule has 2 aromatic rings. The van der Waals surface area contributed by atoms with Crippen LogP contribution in [0.4, 0.5) is 0 Å². The summed E-state index contributed by atoms with van der Waals surface area (Å²) < 4.78 is 26.7. The summed E-state index contributed by atoms with van der Waals surface area (Å²) in [6.07, 6.45) is 3.69. The van der Waals surface area contributed by atoms with E-state index in [4.69, 9.17) is 0 Å². The largest absolute Gasteiger partial charge is 0.302 e. The van der Waals surface area contributed by atoms with Crippen molar-refractivity contribution in [3.8, 4) is 0 Å². The van der Waals surface area contributed by atoms with E-state index in [1.807, 2.05) is 28.8 Å². The fraction of sp³-hybridized carbons (Fsp3) is 0.364. The zero-order valence-electron chi connectivity index (χ0n) is 10.2. The maximum atomic E-state index is 11.3. The Kier molecular flexibility index (Phi) is 3.74. The molecule has 5 nitrogen and oxygen atoms in total. The second-order valence-electron chi connectivity index (χ2n) is 4.11. The van der Waals surface area contributed by atoms with E-state index in [0.717, 1.165) is 15.9 Å². The molecule has 2 rings (SSSR count). The van der Waals surface area contributed by atoms with Crippen LogP contribution in [0.1, 0.15) is 5.82 Å². The van der Waals surface area contributed by atoms with Crippen molar-refractivity contribution >= 4 is 31.5 Å². The number of likely N-dealkylation sites (N-methyl/N-ethyl adjacent to an activating group) is 1. The maximum Gasteiger partial charge on any atom is 0.210 e. The Morgan fingerprint density at radius 1 is 1.44 bits per heavy atom. The van der Waals surface area contributed by atoms with Gasteiger partial charge in [-0.25, -0.2) is 17.7 Å². The fourth-order valence-electron chi connectivity index (χ4n) is 1.66. The van der Waals surface area contributed by atoms with Gasteiger partial charge in [-0.05, 0) is 28.1 Å². The van der Waals surface area contributed by atoms with Gasteiger partial charge in [-0.1, -0.05) is 6.07 Å². The van der Waals surface area contributed by atoms with Crippen LogP contribution >= 0.6 is 15.9 Å². The first-order chi connectivity index (χ1) is 8.39. The Bertz CT molecular complexity index is 666. The molecule has 0 atom stereocenters. The van der Waals surface area contributed by atoms with Crippen molar-refractivity contribution in [2.24, 2.45) is 0 Å². The molecule has 2 aromatic heterocycles. The van der Waals surface area contributed by atoms with Crippen molar-refractivity contribution in [1.82, 2.24) is 13.7 Å². The fourth-order valence-corrected chi connectivity index (χ4v) is 2.61. The van der Waals surface area contributed by atoms with Gasteiger partial charge >= 0.3 is 0 Å². The standard InChI is InChI=1S/C11H14BrN3O2S/c1-14(18(2,16)17)8-6-10-13-11(12)9-5-3-4-7-15(9)10/h3-5,7H,6,8H2,1-2H3. The minimum atomic E-state index is -3.13. The van der Waals surface area contributed by atoms with Gasteiger partial charge in [0, 0.05) is 26.2 Å². The average Bonchev–Trinajstić information content (AvgIpc) is 2.63. The van der Waals surface area contributed by atoms with Crippen LogP contribution in [0.2, 0.25) is 0 Å². The molecule has 2 heterocycles. The van der Waals surface area contributed by atoms with Crippen LogP contribution in [0, 0.1) is 0 Å². The molecule has 0 fully saturated rings. The minimum absolute atomic E-state index is 0.416. The number of sulfonamides is 1. The Balaban J connectivity index is 2.23. The van der Waals surface area contributed by atoms with Crippen molar-refractivity contribution in [3.63, 3.8) is 0 Å². The molecule has 0 aliphatic carbocycles. The summed E-state index contributed by atoms with van der Waals surface area (Å²) in [4.78, 5) is 4.40. The third kappa shape index (κ3) is 2.73. The Morgan fingerprint density at radius 3 is 2.83 bits per heavy atom. The average molecular weight is 332 g/mol. The molecule has 98 valence electrons. The number of hydrogen-bond donors (Lipinski definition) is 0. The van der Waals surface area contributed by atoms with Crippen molar-refractivity contribution < 1.29 is 8.42 Å². The number of halogens is 1. The number of aromatic nitrogens is 2. The smallest absolute Gasteiger partial charge is 0.210 e. The van der Waals surface area contributed by atoms with Gasteiger partial charge in [0.2, 0.25) is 10.0 Å². The van der Waals surface area contributed by atoms with E-state index in [9.17, 15) is 8.42 Å². The van der Waals surface area contributed by atoms with Crippen molar-refractivity contribution in [3.05, 3.63) is 34.8 Å². The van der Waals surface area contributed by atoms with E-state index in [1.165, 1.54) is 10.6 Å². The van der Waals surface area contributed by atoms with Gasteiger partial charge in [-0.2, -0.15) is 0 Å². The lowest BCUT2D eigenvalue weighted by Crippen LogP contribution is -2.28. The summed E-state index contributed by atoms with van der Waals surface area (Å²) >= 11 is 3.40. The van der Waals surface area contributed by atoms with Gasteiger partial charge in [-0.15, -0.1) is 0 Å². The zero-order valence-corrected chi connectivity index (χ0v) is 12.6. The minimum Gasteiger partial charge on any atom is -0.302 e. The molecule has 0 aliphatic rings. The van der Waals surface area contributed by atoms with Crippen LogP contribution in [-0.4, -0.2) is 42.0 Å². The molecular weight excluding hydrogens is 318 g/mol. The van der Waals surface area contributed by atoms with Crippen LogP contribution in [0.15, 0.2) is 29.0 Å². The van der Waals surface area contributed by atoms with Gasteiger partial charge in [0.05, 0.1) is 11.8 Å². The van der Waals surface area contributed by atoms with Gasteiger partial charge in [0.1, 0.15) is 10.4 Å². The highest BCUT2D eigenvalue weighted by Crippen LogP contribution is 2.18. The monoisotopic (exact) mass is 331 g/mol. The van der Waals surface area contributed by atoms with Gasteiger partial charge in [0.15, 0.2) is 0 Å². The van der Waals surface area contributed by atoms with Crippen LogP contribution < -0.4 is 0 Å². The number of imidazole rings is 1. The second kappa shape index (κ2) is 4.99. The number of rotatable bonds is 4. The topological polar surface area (TPSA) is 54.7 Å². The lowest BCUT2D eigenvalue weighted by molar-refractivity contribution is 0.474. The van der Waals surface area contributed by atoms with E-state index in [2.05, 4.69) is 20.9 Å². The van der Waals surface area contributed by atoms with E-state index >= 15 is 0 Å². The van der Waals surface area contributed by atoms with Gasteiger partial charge < -0.3 is 4.40 Å². The molecule has 7 heteroatoms. The SMILES string of the molecule is CN(CCc1nc(Br)c2ccccn12)S(C)(=O)=O. The number of nitrogens with zero attached hydrogens (tertiary/aromatic N) is 3. The highest BCUT2D eigenvalue weighted by Gasteiger charge is 2.13. The van der Waals surface area contributed by atoms with Crippen molar-refractivity contribution in [2.45, 2.75) is 6.42 Å². The Hall–Kier alpha value is -0.920. The van der Waals surface area contributed by atoms with E-state index in [1.54, 1.807) is 7.05 Å². The second-order valence-corrected chi connectivity index (χ2v) is 6.95. The summed E-state index contributed by atoms with van der Waals surface area (Å²) in [7, 11) is -1.57. The first kappa shape index (κ1) is 13.5. The van der Waals surface area contributed by atoms with E-state index in [-0.39, 0.29) is 0 Å². The molecule has 0 spiro atoms. The first-order valence-corrected chi connectivity index (χ1v) is 8.06. The molecule has 0 bridgehead atoms. The number of fused-ring (bicyclic) bond motifs is 1. The van der Waals surface area contributed by atoms with E-state index in [0.29, 0.717) is 13.0 Å². The molecule has 0 saturated heterocycles. The van der Waals surface area contributed by atoms with Crippen molar-refractivity contribution in [1.29, 1.82) is 0 Å². The summed E-state index contributed by atoms with van der Waals surface area (Å²) in [5, 5.41) is 0. The lowest BCUT2D eigenvalue weighted by Gasteiger charge is -2.12. The predicted octanol–water partition coefficient (Wildman–Crippen LogP) is 1.53. The number of pyridine rings is 1. The predicted molar refractivity (Wildman–Crippen MR) is 74.1 cm³/mol. The van der Waals surface area contributed by atoms with E-state index < -0.39 is 10.0 Å². The summed E-state index contributed by atoms with van der Waals surface area (Å²) in [6, 6.07) is 5.82. The summed E-state index contributed by atoms with van der Waals surface area (Å²) in [5.74, 6) is 0.841. The molecule has 0 unspecified atom stereocenters. The van der Waals surface area contributed by atoms with Crippen LogP contribution in [0.5, 0.6) is 0 Å². The lowest BCUT2D eigenvalue weighted by atomic mass is 10.4.